The number of rotatable bonds is 8. The van der Waals surface area contributed by atoms with E-state index in [2.05, 4.69) is 15.6 Å². The molecule has 1 amide bonds. The van der Waals surface area contributed by atoms with Gasteiger partial charge in [0.2, 0.25) is 15.9 Å². The van der Waals surface area contributed by atoms with Crippen molar-refractivity contribution < 1.29 is 30.8 Å². The normalized spacial score (nSPS) is 11.9. The minimum absolute atomic E-state index is 0.0698. The average Bonchev–Trinajstić information content (AvgIpc) is 2.77. The third-order valence-corrected chi connectivity index (χ3v) is 5.05. The molecule has 1 aromatic heterocycles. The SMILES string of the molecule is CS(=O)(=O)Nc1ccc(CNC(=O)/C=C/c2ccc(C(F)(F)F)nc2Nc2ccccc2)cc1F. The Labute approximate surface area is 198 Å². The van der Waals surface area contributed by atoms with E-state index >= 15 is 0 Å². The summed E-state index contributed by atoms with van der Waals surface area (Å²) in [6.07, 6.45) is -1.35. The summed E-state index contributed by atoms with van der Waals surface area (Å²) < 4.78 is 77.9. The molecule has 3 aromatic rings. The van der Waals surface area contributed by atoms with Crippen LogP contribution in [0.2, 0.25) is 0 Å². The number of nitrogens with zero attached hydrogens (tertiary/aromatic N) is 1. The maximum Gasteiger partial charge on any atom is 0.433 e. The van der Waals surface area contributed by atoms with Crippen LogP contribution in [0.25, 0.3) is 6.08 Å². The first-order valence-electron chi connectivity index (χ1n) is 10.0. The lowest BCUT2D eigenvalue weighted by Crippen LogP contribution is -2.20. The minimum Gasteiger partial charge on any atom is -0.348 e. The zero-order valence-corrected chi connectivity index (χ0v) is 19.0. The fourth-order valence-corrected chi connectivity index (χ4v) is 3.45. The third-order valence-electron chi connectivity index (χ3n) is 4.46. The second-order valence-corrected chi connectivity index (χ2v) is 9.11. The predicted octanol–water partition coefficient (Wildman–Crippen LogP) is 4.68. The third kappa shape index (κ3) is 7.81. The van der Waals surface area contributed by atoms with Crippen LogP contribution in [0.5, 0.6) is 0 Å². The van der Waals surface area contributed by atoms with Crippen LogP contribution in [0.3, 0.4) is 0 Å². The Morgan fingerprint density at radius 2 is 1.77 bits per heavy atom. The molecule has 0 saturated heterocycles. The number of hydrogen-bond donors (Lipinski definition) is 3. The molecule has 3 N–H and O–H groups in total. The number of para-hydroxylation sites is 1. The van der Waals surface area contributed by atoms with Crippen LogP contribution in [-0.4, -0.2) is 25.6 Å². The Balaban J connectivity index is 1.71. The summed E-state index contributed by atoms with van der Waals surface area (Å²) in [7, 11) is -3.65. The van der Waals surface area contributed by atoms with Crippen molar-refractivity contribution in [3.05, 3.63) is 89.4 Å². The molecule has 35 heavy (non-hydrogen) atoms. The number of aromatic nitrogens is 1. The Hall–Kier alpha value is -3.93. The number of carbonyl (C=O) groups excluding carboxylic acids is 1. The van der Waals surface area contributed by atoms with Crippen molar-refractivity contribution >= 4 is 39.2 Å². The summed E-state index contributed by atoms with van der Waals surface area (Å²) in [4.78, 5) is 15.9. The van der Waals surface area contributed by atoms with E-state index in [1.165, 1.54) is 24.3 Å². The molecular weight excluding hydrogens is 488 g/mol. The number of alkyl halides is 3. The summed E-state index contributed by atoms with van der Waals surface area (Å²) >= 11 is 0. The molecule has 7 nitrogen and oxygen atoms in total. The van der Waals surface area contributed by atoms with E-state index in [-0.39, 0.29) is 23.6 Å². The lowest BCUT2D eigenvalue weighted by molar-refractivity contribution is -0.141. The molecule has 12 heteroatoms. The molecule has 0 bridgehead atoms. The maximum atomic E-state index is 14.1. The highest BCUT2D eigenvalue weighted by Gasteiger charge is 2.33. The van der Waals surface area contributed by atoms with Gasteiger partial charge in [0, 0.05) is 23.9 Å². The lowest BCUT2D eigenvalue weighted by Gasteiger charge is -2.12. The zero-order valence-electron chi connectivity index (χ0n) is 18.2. The summed E-state index contributed by atoms with van der Waals surface area (Å²) in [5.41, 5.74) is -0.205. The van der Waals surface area contributed by atoms with Crippen LogP contribution in [0.4, 0.5) is 34.8 Å². The van der Waals surface area contributed by atoms with E-state index in [4.69, 9.17) is 0 Å². The first-order chi connectivity index (χ1) is 16.4. The monoisotopic (exact) mass is 508 g/mol. The summed E-state index contributed by atoms with van der Waals surface area (Å²) in [6.45, 7) is -0.0698. The number of anilines is 3. The summed E-state index contributed by atoms with van der Waals surface area (Å²) in [6, 6.07) is 14.2. The van der Waals surface area contributed by atoms with E-state index in [0.717, 1.165) is 24.5 Å². The van der Waals surface area contributed by atoms with Gasteiger partial charge in [-0.3, -0.25) is 9.52 Å². The van der Waals surface area contributed by atoms with Crippen molar-refractivity contribution in [2.24, 2.45) is 0 Å². The molecule has 0 aliphatic rings. The van der Waals surface area contributed by atoms with Crippen LogP contribution in [0.15, 0.2) is 66.7 Å². The van der Waals surface area contributed by atoms with Crippen LogP contribution < -0.4 is 15.4 Å². The molecule has 0 spiro atoms. The Morgan fingerprint density at radius 1 is 1.06 bits per heavy atom. The molecule has 2 aromatic carbocycles. The van der Waals surface area contributed by atoms with Gasteiger partial charge in [0.05, 0.1) is 11.9 Å². The second-order valence-electron chi connectivity index (χ2n) is 7.36. The van der Waals surface area contributed by atoms with E-state index < -0.39 is 33.6 Å². The van der Waals surface area contributed by atoms with Gasteiger partial charge in [-0.15, -0.1) is 0 Å². The van der Waals surface area contributed by atoms with Crippen LogP contribution in [0, 0.1) is 5.82 Å². The molecule has 0 unspecified atom stereocenters. The van der Waals surface area contributed by atoms with Crippen molar-refractivity contribution in [1.82, 2.24) is 10.3 Å². The summed E-state index contributed by atoms with van der Waals surface area (Å²) in [5, 5.41) is 5.33. The van der Waals surface area contributed by atoms with E-state index in [9.17, 15) is 30.8 Å². The molecule has 0 atom stereocenters. The Morgan fingerprint density at radius 3 is 2.40 bits per heavy atom. The maximum absolute atomic E-state index is 14.1. The average molecular weight is 508 g/mol. The molecule has 0 aliphatic carbocycles. The number of nitrogens with one attached hydrogen (secondary N) is 3. The largest absolute Gasteiger partial charge is 0.433 e. The highest BCUT2D eigenvalue weighted by Crippen LogP contribution is 2.31. The van der Waals surface area contributed by atoms with Gasteiger partial charge in [-0.05, 0) is 48.0 Å². The number of halogens is 4. The van der Waals surface area contributed by atoms with Gasteiger partial charge in [0.15, 0.2) is 0 Å². The standard InChI is InChI=1S/C23H20F4N4O3S/c1-35(33,34)31-19-10-7-15(13-18(19)24)14-28-21(32)12-9-16-8-11-20(23(25,26)27)30-22(16)29-17-5-3-2-4-6-17/h2-13,31H,14H2,1H3,(H,28,32)(H,29,30)/b12-9+. The first-order valence-corrected chi connectivity index (χ1v) is 11.9. The number of benzene rings is 2. The van der Waals surface area contributed by atoms with Gasteiger partial charge in [0.25, 0.3) is 0 Å². The van der Waals surface area contributed by atoms with Crippen LogP contribution in [0.1, 0.15) is 16.8 Å². The van der Waals surface area contributed by atoms with Crippen molar-refractivity contribution in [2.75, 3.05) is 16.3 Å². The first kappa shape index (κ1) is 25.7. The molecule has 0 fully saturated rings. The molecule has 0 aliphatic heterocycles. The van der Waals surface area contributed by atoms with E-state index in [1.807, 2.05) is 4.72 Å². The lowest BCUT2D eigenvalue weighted by atomic mass is 10.2. The highest BCUT2D eigenvalue weighted by atomic mass is 32.2. The van der Waals surface area contributed by atoms with Crippen molar-refractivity contribution in [1.29, 1.82) is 0 Å². The van der Waals surface area contributed by atoms with Gasteiger partial charge in [-0.25, -0.2) is 17.8 Å². The quantitative estimate of drug-likeness (QED) is 0.303. The Bertz CT molecular complexity index is 1340. The number of hydrogen-bond acceptors (Lipinski definition) is 5. The van der Waals surface area contributed by atoms with Crippen molar-refractivity contribution in [2.45, 2.75) is 12.7 Å². The second kappa shape index (κ2) is 10.6. The number of pyridine rings is 1. The number of carbonyl (C=O) groups is 1. The fraction of sp³-hybridized carbons (Fsp3) is 0.130. The number of sulfonamides is 1. The topological polar surface area (TPSA) is 100 Å². The van der Waals surface area contributed by atoms with Gasteiger partial charge in [-0.1, -0.05) is 24.3 Å². The van der Waals surface area contributed by atoms with Crippen LogP contribution >= 0.6 is 0 Å². The van der Waals surface area contributed by atoms with Crippen LogP contribution in [-0.2, 0) is 27.5 Å². The van der Waals surface area contributed by atoms with Gasteiger partial charge < -0.3 is 10.6 Å². The van der Waals surface area contributed by atoms with Crippen molar-refractivity contribution in [3.63, 3.8) is 0 Å². The Kier molecular flexibility index (Phi) is 7.75. The zero-order chi connectivity index (χ0) is 25.6. The minimum atomic E-state index is -4.64. The van der Waals surface area contributed by atoms with Gasteiger partial charge in [-0.2, -0.15) is 13.2 Å². The molecular formula is C23H20F4N4O3S. The molecule has 3 rings (SSSR count). The number of amides is 1. The van der Waals surface area contributed by atoms with Gasteiger partial charge in [0.1, 0.15) is 17.3 Å². The smallest absolute Gasteiger partial charge is 0.348 e. The summed E-state index contributed by atoms with van der Waals surface area (Å²) in [5.74, 6) is -1.49. The molecule has 184 valence electrons. The van der Waals surface area contributed by atoms with E-state index in [1.54, 1.807) is 30.3 Å². The highest BCUT2D eigenvalue weighted by molar-refractivity contribution is 7.92. The van der Waals surface area contributed by atoms with Crippen molar-refractivity contribution in [3.8, 4) is 0 Å². The van der Waals surface area contributed by atoms with Gasteiger partial charge >= 0.3 is 6.18 Å². The molecule has 1 heterocycles. The molecule has 0 saturated carbocycles. The fourth-order valence-electron chi connectivity index (χ4n) is 2.89. The predicted molar refractivity (Wildman–Crippen MR) is 125 cm³/mol. The van der Waals surface area contributed by atoms with E-state index in [0.29, 0.717) is 11.3 Å². The molecule has 0 radical (unpaired) electrons.